The third-order valence-electron chi connectivity index (χ3n) is 4.02. The van der Waals surface area contributed by atoms with Crippen molar-refractivity contribution in [3.8, 4) is 5.75 Å². The number of halogens is 2. The van der Waals surface area contributed by atoms with Crippen molar-refractivity contribution in [3.63, 3.8) is 0 Å². The first-order valence-electron chi connectivity index (χ1n) is 7.90. The monoisotopic (exact) mass is 373 g/mol. The molecule has 0 unspecified atom stereocenters. The van der Waals surface area contributed by atoms with Crippen molar-refractivity contribution in [1.29, 1.82) is 0 Å². The van der Waals surface area contributed by atoms with Crippen molar-refractivity contribution in [2.75, 3.05) is 12.4 Å². The summed E-state index contributed by atoms with van der Waals surface area (Å²) in [6.07, 6.45) is 3.12. The highest BCUT2D eigenvalue weighted by Crippen LogP contribution is 2.23. The lowest BCUT2D eigenvalue weighted by Crippen LogP contribution is -2.13. The lowest BCUT2D eigenvalue weighted by atomic mass is 10.1. The van der Waals surface area contributed by atoms with Gasteiger partial charge in [0.25, 0.3) is 5.91 Å². The summed E-state index contributed by atoms with van der Waals surface area (Å²) in [5.74, 6) is -0.0296. The summed E-state index contributed by atoms with van der Waals surface area (Å²) >= 11 is 6.03. The van der Waals surface area contributed by atoms with E-state index in [0.717, 1.165) is 5.56 Å². The molecule has 0 atom stereocenters. The third-order valence-corrected chi connectivity index (χ3v) is 4.38. The van der Waals surface area contributed by atoms with E-state index >= 15 is 0 Å². The number of hydrogen-bond donors (Lipinski definition) is 1. The lowest BCUT2D eigenvalue weighted by molar-refractivity contribution is 0.102. The summed E-state index contributed by atoms with van der Waals surface area (Å²) in [6.45, 7) is 1.98. The van der Waals surface area contributed by atoms with Gasteiger partial charge in [0.05, 0.1) is 25.5 Å². The van der Waals surface area contributed by atoms with Crippen LogP contribution in [0.5, 0.6) is 5.75 Å². The van der Waals surface area contributed by atoms with Gasteiger partial charge in [0.15, 0.2) is 0 Å². The maximum atomic E-state index is 13.9. The molecule has 3 aromatic rings. The topological polar surface area (TPSA) is 56.1 Å². The van der Waals surface area contributed by atoms with Gasteiger partial charge in [-0.1, -0.05) is 23.7 Å². The van der Waals surface area contributed by atoms with Crippen molar-refractivity contribution in [3.05, 3.63) is 76.3 Å². The summed E-state index contributed by atoms with van der Waals surface area (Å²) in [5.41, 5.74) is 2.11. The highest BCUT2D eigenvalue weighted by molar-refractivity contribution is 6.31. The number of carbonyl (C=O) groups excluding carboxylic acids is 1. The van der Waals surface area contributed by atoms with Crippen LogP contribution in [0.25, 0.3) is 0 Å². The Kier molecular flexibility index (Phi) is 5.23. The third kappa shape index (κ3) is 3.70. The fraction of sp³-hybridized carbons (Fsp3) is 0.158. The first kappa shape index (κ1) is 17.9. The van der Waals surface area contributed by atoms with E-state index in [1.54, 1.807) is 43.6 Å². The normalized spacial score (nSPS) is 10.6. The van der Waals surface area contributed by atoms with E-state index in [0.29, 0.717) is 27.6 Å². The van der Waals surface area contributed by atoms with E-state index in [1.165, 1.54) is 16.9 Å². The largest absolute Gasteiger partial charge is 0.496 e. The van der Waals surface area contributed by atoms with Crippen LogP contribution in [0.4, 0.5) is 10.1 Å². The second kappa shape index (κ2) is 7.58. The van der Waals surface area contributed by atoms with Gasteiger partial charge in [0.1, 0.15) is 11.6 Å². The molecule has 1 N–H and O–H groups in total. The maximum Gasteiger partial charge on any atom is 0.256 e. The summed E-state index contributed by atoms with van der Waals surface area (Å²) in [6, 6.07) is 9.78. The van der Waals surface area contributed by atoms with Crippen LogP contribution < -0.4 is 10.1 Å². The van der Waals surface area contributed by atoms with Crippen molar-refractivity contribution in [2.24, 2.45) is 0 Å². The number of benzene rings is 2. The summed E-state index contributed by atoms with van der Waals surface area (Å²) in [4.78, 5) is 12.5. The number of ether oxygens (including phenoxy) is 1. The molecular weight excluding hydrogens is 357 g/mol. The van der Waals surface area contributed by atoms with Crippen LogP contribution >= 0.6 is 11.6 Å². The van der Waals surface area contributed by atoms with E-state index in [9.17, 15) is 9.18 Å². The molecule has 0 aliphatic rings. The van der Waals surface area contributed by atoms with Gasteiger partial charge in [0, 0.05) is 27.9 Å². The first-order valence-corrected chi connectivity index (χ1v) is 8.27. The summed E-state index contributed by atoms with van der Waals surface area (Å²) in [7, 11) is 1.56. The molecule has 0 spiro atoms. The van der Waals surface area contributed by atoms with Crippen molar-refractivity contribution >= 4 is 23.2 Å². The van der Waals surface area contributed by atoms with Gasteiger partial charge >= 0.3 is 0 Å². The molecule has 7 heteroatoms. The van der Waals surface area contributed by atoms with Crippen LogP contribution in [0.15, 0.2) is 48.8 Å². The van der Waals surface area contributed by atoms with Crippen LogP contribution in [0.2, 0.25) is 5.02 Å². The number of nitrogens with one attached hydrogen (secondary N) is 1. The number of methoxy groups -OCH3 is 1. The second-order valence-corrected chi connectivity index (χ2v) is 6.12. The van der Waals surface area contributed by atoms with Gasteiger partial charge in [-0.25, -0.2) is 4.39 Å². The number of carbonyl (C=O) groups is 1. The minimum atomic E-state index is -0.398. The number of nitrogens with zero attached hydrogens (tertiary/aromatic N) is 2. The van der Waals surface area contributed by atoms with Crippen LogP contribution in [0.1, 0.15) is 21.5 Å². The fourth-order valence-electron chi connectivity index (χ4n) is 2.64. The molecular formula is C19H17ClFN3O2. The molecule has 0 saturated heterocycles. The number of hydrogen-bond acceptors (Lipinski definition) is 3. The molecule has 1 amide bonds. The van der Waals surface area contributed by atoms with Crippen molar-refractivity contribution in [2.45, 2.75) is 13.5 Å². The zero-order chi connectivity index (χ0) is 18.7. The van der Waals surface area contributed by atoms with Crippen LogP contribution in [0, 0.1) is 12.7 Å². The van der Waals surface area contributed by atoms with E-state index in [-0.39, 0.29) is 12.5 Å². The van der Waals surface area contributed by atoms with Gasteiger partial charge in [-0.3, -0.25) is 9.48 Å². The zero-order valence-corrected chi connectivity index (χ0v) is 15.0. The van der Waals surface area contributed by atoms with Gasteiger partial charge in [-0.2, -0.15) is 5.10 Å². The number of anilines is 1. The molecule has 26 heavy (non-hydrogen) atoms. The number of amides is 1. The molecule has 0 radical (unpaired) electrons. The molecule has 5 nitrogen and oxygen atoms in total. The van der Waals surface area contributed by atoms with E-state index in [1.807, 2.05) is 6.92 Å². The minimum absolute atomic E-state index is 0.166. The molecule has 2 aromatic carbocycles. The van der Waals surface area contributed by atoms with Crippen molar-refractivity contribution < 1.29 is 13.9 Å². The molecule has 1 heterocycles. The van der Waals surface area contributed by atoms with Gasteiger partial charge < -0.3 is 10.1 Å². The smallest absolute Gasteiger partial charge is 0.256 e. The molecule has 0 saturated carbocycles. The Balaban J connectivity index is 1.76. The van der Waals surface area contributed by atoms with E-state index in [2.05, 4.69) is 10.4 Å². The molecule has 3 rings (SSSR count). The average Bonchev–Trinajstić information content (AvgIpc) is 3.05. The molecule has 1 aromatic heterocycles. The van der Waals surface area contributed by atoms with Crippen LogP contribution in [-0.4, -0.2) is 22.8 Å². The SMILES string of the molecule is COc1cccc(C(=O)Nc2cnn(Cc3c(F)cccc3Cl)c2)c1C. The Morgan fingerprint density at radius 1 is 1.31 bits per heavy atom. The first-order chi connectivity index (χ1) is 12.5. The quantitative estimate of drug-likeness (QED) is 0.725. The van der Waals surface area contributed by atoms with Crippen LogP contribution in [0.3, 0.4) is 0 Å². The summed E-state index contributed by atoms with van der Waals surface area (Å²) in [5, 5.41) is 7.26. The van der Waals surface area contributed by atoms with Gasteiger partial charge in [0.2, 0.25) is 0 Å². The van der Waals surface area contributed by atoms with E-state index < -0.39 is 5.82 Å². The zero-order valence-electron chi connectivity index (χ0n) is 14.3. The second-order valence-electron chi connectivity index (χ2n) is 5.71. The molecule has 0 fully saturated rings. The maximum absolute atomic E-state index is 13.9. The standard InChI is InChI=1S/C19H17ClFN3O2/c1-12-14(5-3-8-18(12)26-2)19(25)23-13-9-22-24(10-13)11-15-16(20)6-4-7-17(15)21/h3-10H,11H2,1-2H3,(H,23,25). The summed E-state index contributed by atoms with van der Waals surface area (Å²) < 4.78 is 20.6. The highest BCUT2D eigenvalue weighted by Gasteiger charge is 2.14. The van der Waals surface area contributed by atoms with E-state index in [4.69, 9.17) is 16.3 Å². The molecule has 0 aliphatic carbocycles. The Labute approximate surface area is 155 Å². The predicted molar refractivity (Wildman–Crippen MR) is 98.4 cm³/mol. The van der Waals surface area contributed by atoms with Gasteiger partial charge in [-0.05, 0) is 31.2 Å². The predicted octanol–water partition coefficient (Wildman–Crippen LogP) is 4.29. The minimum Gasteiger partial charge on any atom is -0.496 e. The Hall–Kier alpha value is -2.86. The number of aromatic nitrogens is 2. The fourth-order valence-corrected chi connectivity index (χ4v) is 2.86. The average molecular weight is 374 g/mol. The molecule has 134 valence electrons. The van der Waals surface area contributed by atoms with Crippen molar-refractivity contribution in [1.82, 2.24) is 9.78 Å². The van der Waals surface area contributed by atoms with Gasteiger partial charge in [-0.15, -0.1) is 0 Å². The lowest BCUT2D eigenvalue weighted by Gasteiger charge is -2.09. The molecule has 0 aliphatic heterocycles. The Bertz CT molecular complexity index is 935. The Morgan fingerprint density at radius 3 is 2.81 bits per heavy atom. The number of rotatable bonds is 5. The highest BCUT2D eigenvalue weighted by atomic mass is 35.5. The Morgan fingerprint density at radius 2 is 2.08 bits per heavy atom. The van der Waals surface area contributed by atoms with Crippen LogP contribution in [-0.2, 0) is 6.54 Å². The molecule has 0 bridgehead atoms.